The summed E-state index contributed by atoms with van der Waals surface area (Å²) in [5, 5.41) is 3.81. The second kappa shape index (κ2) is 11.0. The summed E-state index contributed by atoms with van der Waals surface area (Å²) in [6, 6.07) is 15.3. The maximum atomic E-state index is 13.2. The highest BCUT2D eigenvalue weighted by atomic mass is 35.5. The van der Waals surface area contributed by atoms with Crippen molar-refractivity contribution < 1.29 is 9.59 Å². The van der Waals surface area contributed by atoms with E-state index in [0.717, 1.165) is 63.4 Å². The summed E-state index contributed by atoms with van der Waals surface area (Å²) in [5.41, 5.74) is 2.42. The van der Waals surface area contributed by atoms with Gasteiger partial charge in [-0.2, -0.15) is 0 Å². The van der Waals surface area contributed by atoms with Crippen molar-refractivity contribution in [3.63, 3.8) is 0 Å². The number of nitrogens with zero attached hydrogens (tertiary/aromatic N) is 2. The predicted octanol–water partition coefficient (Wildman–Crippen LogP) is 5.21. The Labute approximate surface area is 195 Å². The summed E-state index contributed by atoms with van der Waals surface area (Å²) in [7, 11) is 0. The molecule has 2 aliphatic heterocycles. The minimum atomic E-state index is -0.0857. The van der Waals surface area contributed by atoms with Crippen LogP contribution in [0.15, 0.2) is 48.5 Å². The number of hydrogen-bond acceptors (Lipinski definition) is 3. The van der Waals surface area contributed by atoms with Gasteiger partial charge in [-0.3, -0.25) is 14.5 Å². The van der Waals surface area contributed by atoms with E-state index in [0.29, 0.717) is 11.3 Å². The van der Waals surface area contributed by atoms with E-state index in [4.69, 9.17) is 11.6 Å². The van der Waals surface area contributed by atoms with E-state index >= 15 is 0 Å². The molecule has 2 saturated heterocycles. The third-order valence-electron chi connectivity index (χ3n) is 6.50. The number of piperidine rings is 1. The number of anilines is 1. The van der Waals surface area contributed by atoms with Crippen LogP contribution in [-0.2, 0) is 11.3 Å². The smallest absolute Gasteiger partial charge is 0.255 e. The van der Waals surface area contributed by atoms with Crippen molar-refractivity contribution in [2.75, 3.05) is 31.5 Å². The van der Waals surface area contributed by atoms with Crippen LogP contribution in [-0.4, -0.2) is 47.8 Å². The first-order valence-electron chi connectivity index (χ1n) is 11.8. The lowest BCUT2D eigenvalue weighted by atomic mass is 9.96. The van der Waals surface area contributed by atoms with E-state index in [9.17, 15) is 9.59 Å². The number of rotatable bonds is 5. The van der Waals surface area contributed by atoms with Gasteiger partial charge in [-0.25, -0.2) is 0 Å². The van der Waals surface area contributed by atoms with E-state index in [-0.39, 0.29) is 17.7 Å². The molecule has 2 aromatic rings. The predicted molar refractivity (Wildman–Crippen MR) is 129 cm³/mol. The zero-order valence-electron chi connectivity index (χ0n) is 18.6. The molecule has 170 valence electrons. The Kier molecular flexibility index (Phi) is 7.82. The fourth-order valence-electron chi connectivity index (χ4n) is 4.72. The van der Waals surface area contributed by atoms with Gasteiger partial charge in [0.05, 0.1) is 17.2 Å². The minimum absolute atomic E-state index is 0.00178. The Balaban J connectivity index is 1.40. The molecule has 6 heteroatoms. The number of hydrogen-bond donors (Lipinski definition) is 1. The summed E-state index contributed by atoms with van der Waals surface area (Å²) in [6.45, 7) is 4.10. The molecule has 0 aliphatic carbocycles. The van der Waals surface area contributed by atoms with Gasteiger partial charge in [-0.05, 0) is 62.1 Å². The first kappa shape index (κ1) is 22.8. The van der Waals surface area contributed by atoms with Gasteiger partial charge < -0.3 is 10.2 Å². The fourth-order valence-corrected chi connectivity index (χ4v) is 4.84. The molecule has 2 amide bonds. The third-order valence-corrected chi connectivity index (χ3v) is 6.76. The van der Waals surface area contributed by atoms with Crippen molar-refractivity contribution in [3.05, 3.63) is 64.7 Å². The van der Waals surface area contributed by atoms with Crippen LogP contribution in [0, 0.1) is 5.92 Å². The molecule has 2 aliphatic rings. The largest absolute Gasteiger partial charge is 0.339 e. The van der Waals surface area contributed by atoms with E-state index in [1.54, 1.807) is 0 Å². The number of carbonyl (C=O) groups is 2. The van der Waals surface area contributed by atoms with E-state index < -0.39 is 0 Å². The molecular formula is C26H32ClN3O2. The zero-order chi connectivity index (χ0) is 22.3. The maximum absolute atomic E-state index is 13.2. The van der Waals surface area contributed by atoms with Gasteiger partial charge >= 0.3 is 0 Å². The molecule has 2 fully saturated rings. The number of para-hydroxylation sites is 1. The molecule has 5 nitrogen and oxygen atoms in total. The molecule has 0 saturated carbocycles. The van der Waals surface area contributed by atoms with Crippen molar-refractivity contribution in [2.45, 2.75) is 45.1 Å². The third kappa shape index (κ3) is 5.90. The van der Waals surface area contributed by atoms with Crippen molar-refractivity contribution in [1.29, 1.82) is 0 Å². The van der Waals surface area contributed by atoms with Gasteiger partial charge in [0.2, 0.25) is 5.91 Å². The number of nitrogens with one attached hydrogen (secondary N) is 1. The van der Waals surface area contributed by atoms with Gasteiger partial charge in [0.1, 0.15) is 0 Å². The molecule has 1 unspecified atom stereocenters. The lowest BCUT2D eigenvalue weighted by molar-refractivity contribution is -0.121. The number of likely N-dealkylation sites (tertiary alicyclic amines) is 2. The van der Waals surface area contributed by atoms with E-state index in [2.05, 4.69) is 10.2 Å². The quantitative estimate of drug-likeness (QED) is 0.676. The van der Waals surface area contributed by atoms with Crippen molar-refractivity contribution >= 4 is 29.1 Å². The summed E-state index contributed by atoms with van der Waals surface area (Å²) >= 11 is 6.00. The van der Waals surface area contributed by atoms with Crippen LogP contribution < -0.4 is 5.32 Å². The first-order valence-corrected chi connectivity index (χ1v) is 12.1. The van der Waals surface area contributed by atoms with Crippen LogP contribution in [0.3, 0.4) is 0 Å². The first-order chi connectivity index (χ1) is 15.6. The Bertz CT molecular complexity index is 923. The van der Waals surface area contributed by atoms with Crippen LogP contribution >= 0.6 is 11.6 Å². The summed E-state index contributed by atoms with van der Waals surface area (Å²) < 4.78 is 0. The van der Waals surface area contributed by atoms with Gasteiger partial charge in [0, 0.05) is 31.2 Å². The minimum Gasteiger partial charge on any atom is -0.339 e. The van der Waals surface area contributed by atoms with Crippen molar-refractivity contribution in [3.8, 4) is 0 Å². The molecule has 2 aromatic carbocycles. The highest BCUT2D eigenvalue weighted by molar-refractivity contribution is 6.30. The molecule has 4 rings (SSSR count). The van der Waals surface area contributed by atoms with Gasteiger partial charge in [-0.1, -0.05) is 48.7 Å². The average molecular weight is 454 g/mol. The number of carbonyl (C=O) groups excluding carboxylic acids is 2. The summed E-state index contributed by atoms with van der Waals surface area (Å²) in [6.07, 6.45) is 6.30. The maximum Gasteiger partial charge on any atom is 0.255 e. The molecule has 0 aromatic heterocycles. The Morgan fingerprint density at radius 3 is 2.38 bits per heavy atom. The van der Waals surface area contributed by atoms with Crippen LogP contribution in [0.1, 0.15) is 54.4 Å². The normalized spacial score (nSPS) is 19.9. The Hall–Kier alpha value is -2.37. The molecule has 0 radical (unpaired) electrons. The Morgan fingerprint density at radius 1 is 0.906 bits per heavy atom. The SMILES string of the molecule is O=C(Nc1ccccc1C(=O)N1CCCCCC1)C1CCCN(Cc2ccc(Cl)cc2)C1. The lowest BCUT2D eigenvalue weighted by Crippen LogP contribution is -2.40. The van der Waals surface area contributed by atoms with Crippen LogP contribution in [0.2, 0.25) is 5.02 Å². The Morgan fingerprint density at radius 2 is 1.62 bits per heavy atom. The summed E-state index contributed by atoms with van der Waals surface area (Å²) in [5.74, 6) is -0.0601. The topological polar surface area (TPSA) is 52.7 Å². The molecule has 1 N–H and O–H groups in total. The fraction of sp³-hybridized carbons (Fsp3) is 0.462. The van der Waals surface area contributed by atoms with Crippen molar-refractivity contribution in [1.82, 2.24) is 9.80 Å². The summed E-state index contributed by atoms with van der Waals surface area (Å²) in [4.78, 5) is 30.6. The zero-order valence-corrected chi connectivity index (χ0v) is 19.3. The van der Waals surface area contributed by atoms with Crippen molar-refractivity contribution in [2.24, 2.45) is 5.92 Å². The molecule has 0 spiro atoms. The second-order valence-electron chi connectivity index (χ2n) is 8.94. The highest BCUT2D eigenvalue weighted by Gasteiger charge is 2.27. The van der Waals surface area contributed by atoms with E-state index in [1.807, 2.05) is 53.4 Å². The van der Waals surface area contributed by atoms with Gasteiger partial charge in [-0.15, -0.1) is 0 Å². The monoisotopic (exact) mass is 453 g/mol. The second-order valence-corrected chi connectivity index (χ2v) is 9.38. The van der Waals surface area contributed by atoms with Gasteiger partial charge in [0.15, 0.2) is 0 Å². The van der Waals surface area contributed by atoms with Crippen LogP contribution in [0.4, 0.5) is 5.69 Å². The highest BCUT2D eigenvalue weighted by Crippen LogP contribution is 2.24. The molecule has 1 atom stereocenters. The molecule has 32 heavy (non-hydrogen) atoms. The molecular weight excluding hydrogens is 422 g/mol. The van der Waals surface area contributed by atoms with Crippen LogP contribution in [0.5, 0.6) is 0 Å². The lowest BCUT2D eigenvalue weighted by Gasteiger charge is -2.32. The average Bonchev–Trinajstić information content (AvgIpc) is 3.10. The van der Waals surface area contributed by atoms with Gasteiger partial charge in [0.25, 0.3) is 5.91 Å². The van der Waals surface area contributed by atoms with Crippen LogP contribution in [0.25, 0.3) is 0 Å². The number of halogens is 1. The number of benzene rings is 2. The standard InChI is InChI=1S/C26H32ClN3O2/c27-22-13-11-20(12-14-22)18-29-15-7-8-21(19-29)25(31)28-24-10-4-3-9-23(24)26(32)30-16-5-1-2-6-17-30/h3-4,9-14,21H,1-2,5-8,15-19H2,(H,28,31). The van der Waals surface area contributed by atoms with E-state index in [1.165, 1.54) is 18.4 Å². The molecule has 0 bridgehead atoms. The molecule has 2 heterocycles. The number of amides is 2.